The van der Waals surface area contributed by atoms with Gasteiger partial charge in [0.25, 0.3) is 21.9 Å². The van der Waals surface area contributed by atoms with Gasteiger partial charge in [-0.15, -0.1) is 0 Å². The number of amides is 3. The SMILES string of the molecule is CC(C)C[C@H]1C(=O)N2CCC[C@H]2[C@]2(OS(C)(=O)=O)O[C@](NC(=O)[C@@H]3C=C4c5cccc6[nH]cc(c56)C[C@@H]4N(C)C3)(C(C)C)C(=O)N12. The molecule has 0 unspecified atom stereocenters. The number of likely N-dealkylation sites (N-methyl/N-ethyl adjacent to an activating group) is 1. The molecule has 1 aromatic heterocycles. The first kappa shape index (κ1) is 31.3. The third-order valence-electron chi connectivity index (χ3n) is 10.4. The molecule has 0 bridgehead atoms. The largest absolute Gasteiger partial charge is 0.361 e. The molecule has 7 rings (SSSR count). The van der Waals surface area contributed by atoms with Gasteiger partial charge in [-0.05, 0) is 61.4 Å². The number of piperazine rings is 1. The van der Waals surface area contributed by atoms with E-state index in [1.54, 1.807) is 18.7 Å². The maximum atomic E-state index is 14.8. The normalized spacial score (nSPS) is 32.7. The van der Waals surface area contributed by atoms with E-state index in [0.29, 0.717) is 25.9 Å². The van der Waals surface area contributed by atoms with Gasteiger partial charge >= 0.3 is 0 Å². The molecular weight excluding hydrogens is 610 g/mol. The van der Waals surface area contributed by atoms with E-state index in [0.717, 1.165) is 34.7 Å². The number of rotatable bonds is 7. The Balaban J connectivity index is 1.30. The second kappa shape index (κ2) is 10.6. The monoisotopic (exact) mass is 653 g/mol. The summed E-state index contributed by atoms with van der Waals surface area (Å²) in [6, 6.07) is 4.36. The Bertz CT molecular complexity index is 1770. The standard InChI is InChI=1S/C33H43N5O7S/c1-18(2)13-26-30(40)37-12-8-11-27(37)33(45-46(6,42)43)38(26)31(41)32(44-33,19(3)4)35-29(39)21-14-23-22-9-7-10-24-28(22)20(16-34-24)15-25(23)36(5)17-21/h7,9-10,14,16,18-19,21,25-27,34H,8,11-13,15,17H2,1-6H3,(H,35,39)/t21-,25+,26+,27+,32-,33-/m1/s1. The molecule has 0 radical (unpaired) electrons. The molecule has 1 aliphatic carbocycles. The van der Waals surface area contributed by atoms with E-state index in [1.165, 1.54) is 10.5 Å². The van der Waals surface area contributed by atoms with Crippen molar-refractivity contribution in [2.75, 3.05) is 26.4 Å². The highest BCUT2D eigenvalue weighted by Gasteiger charge is 2.74. The van der Waals surface area contributed by atoms with Gasteiger partial charge < -0.3 is 15.2 Å². The molecule has 4 aliphatic heterocycles. The van der Waals surface area contributed by atoms with Crippen molar-refractivity contribution in [3.8, 4) is 0 Å². The predicted octanol–water partition coefficient (Wildman–Crippen LogP) is 2.41. The maximum absolute atomic E-state index is 14.8. The van der Waals surface area contributed by atoms with Gasteiger partial charge in [0, 0.05) is 42.1 Å². The number of hydrogen-bond acceptors (Lipinski definition) is 8. The van der Waals surface area contributed by atoms with Crippen LogP contribution in [0.1, 0.15) is 58.1 Å². The summed E-state index contributed by atoms with van der Waals surface area (Å²) in [6.45, 7) is 8.17. The number of carbonyl (C=O) groups excluding carboxylic acids is 3. The average molecular weight is 654 g/mol. The van der Waals surface area contributed by atoms with Crippen molar-refractivity contribution in [3.05, 3.63) is 41.6 Å². The van der Waals surface area contributed by atoms with E-state index in [9.17, 15) is 22.8 Å². The predicted molar refractivity (Wildman–Crippen MR) is 170 cm³/mol. The van der Waals surface area contributed by atoms with Crippen LogP contribution in [0.4, 0.5) is 0 Å². The van der Waals surface area contributed by atoms with Gasteiger partial charge in [0.05, 0.1) is 12.2 Å². The Morgan fingerprint density at radius 1 is 1.22 bits per heavy atom. The third kappa shape index (κ3) is 4.56. The fourth-order valence-corrected chi connectivity index (χ4v) is 9.06. The zero-order chi connectivity index (χ0) is 32.9. The summed E-state index contributed by atoms with van der Waals surface area (Å²) in [5.41, 5.74) is 2.46. The lowest BCUT2D eigenvalue weighted by molar-refractivity contribution is -0.305. The van der Waals surface area contributed by atoms with Gasteiger partial charge in [0.1, 0.15) is 12.1 Å². The van der Waals surface area contributed by atoms with E-state index in [1.807, 2.05) is 39.1 Å². The van der Waals surface area contributed by atoms with Crippen LogP contribution < -0.4 is 5.32 Å². The summed E-state index contributed by atoms with van der Waals surface area (Å²) < 4.78 is 38.2. The summed E-state index contributed by atoms with van der Waals surface area (Å²) in [4.78, 5) is 51.3. The second-order valence-electron chi connectivity index (χ2n) is 14.3. The minimum atomic E-state index is -4.19. The topological polar surface area (TPSA) is 141 Å². The summed E-state index contributed by atoms with van der Waals surface area (Å²) in [6.07, 6.45) is 7.05. The van der Waals surface area contributed by atoms with E-state index in [4.69, 9.17) is 8.92 Å². The Morgan fingerprint density at radius 2 is 1.98 bits per heavy atom. The summed E-state index contributed by atoms with van der Waals surface area (Å²) in [5.74, 6) is -4.71. The number of H-pyrrole nitrogens is 1. The molecule has 5 heterocycles. The first-order valence-corrected chi connectivity index (χ1v) is 18.1. The van der Waals surface area contributed by atoms with Crippen LogP contribution in [0.2, 0.25) is 0 Å². The van der Waals surface area contributed by atoms with Gasteiger partial charge in [0.2, 0.25) is 17.5 Å². The van der Waals surface area contributed by atoms with E-state index in [2.05, 4.69) is 27.5 Å². The van der Waals surface area contributed by atoms with Crippen molar-refractivity contribution in [2.24, 2.45) is 17.8 Å². The number of nitrogens with one attached hydrogen (secondary N) is 2. The number of benzene rings is 1. The number of nitrogens with zero attached hydrogens (tertiary/aromatic N) is 3. The molecule has 2 N–H and O–H groups in total. The lowest BCUT2D eigenvalue weighted by Crippen LogP contribution is -2.72. The molecule has 2 aromatic rings. The lowest BCUT2D eigenvalue weighted by Gasteiger charge is -2.50. The molecular formula is C33H43N5O7S. The van der Waals surface area contributed by atoms with Crippen molar-refractivity contribution in [2.45, 2.75) is 83.1 Å². The first-order valence-electron chi connectivity index (χ1n) is 16.2. The van der Waals surface area contributed by atoms with Gasteiger partial charge in [-0.3, -0.25) is 28.9 Å². The molecule has 248 valence electrons. The smallest absolute Gasteiger partial charge is 0.294 e. The molecule has 0 saturated carbocycles. The van der Waals surface area contributed by atoms with Crippen molar-refractivity contribution in [1.82, 2.24) is 25.0 Å². The highest BCUT2D eigenvalue weighted by atomic mass is 32.2. The van der Waals surface area contributed by atoms with Crippen LogP contribution >= 0.6 is 0 Å². The highest BCUT2D eigenvalue weighted by molar-refractivity contribution is 7.86. The van der Waals surface area contributed by atoms with Crippen molar-refractivity contribution >= 4 is 44.3 Å². The fourth-order valence-electron chi connectivity index (χ4n) is 8.40. The molecule has 12 nitrogen and oxygen atoms in total. The Morgan fingerprint density at radius 3 is 2.67 bits per heavy atom. The number of aromatic nitrogens is 1. The average Bonchev–Trinajstić information content (AvgIpc) is 3.68. The second-order valence-corrected chi connectivity index (χ2v) is 15.9. The number of hydrogen-bond donors (Lipinski definition) is 2. The van der Waals surface area contributed by atoms with Crippen LogP contribution in [0.3, 0.4) is 0 Å². The van der Waals surface area contributed by atoms with Crippen molar-refractivity contribution < 1.29 is 31.7 Å². The van der Waals surface area contributed by atoms with Crippen LogP contribution in [-0.2, 0) is 39.8 Å². The quantitative estimate of drug-likeness (QED) is 0.435. The minimum absolute atomic E-state index is 0.00156. The number of carbonyl (C=O) groups is 3. The third-order valence-corrected chi connectivity index (χ3v) is 11.0. The molecule has 5 aliphatic rings. The number of aromatic amines is 1. The highest BCUT2D eigenvalue weighted by Crippen LogP contribution is 2.51. The van der Waals surface area contributed by atoms with Crippen molar-refractivity contribution in [3.63, 3.8) is 0 Å². The zero-order valence-electron chi connectivity index (χ0n) is 27.2. The van der Waals surface area contributed by atoms with E-state index >= 15 is 0 Å². The van der Waals surface area contributed by atoms with Crippen LogP contribution in [0.5, 0.6) is 0 Å². The molecule has 13 heteroatoms. The van der Waals surface area contributed by atoms with Crippen molar-refractivity contribution in [1.29, 1.82) is 0 Å². The fraction of sp³-hybridized carbons (Fsp3) is 0.606. The Kier molecular flexibility index (Phi) is 7.24. The zero-order valence-corrected chi connectivity index (χ0v) is 28.0. The molecule has 3 amide bonds. The summed E-state index contributed by atoms with van der Waals surface area (Å²) in [5, 5.41) is 4.13. The van der Waals surface area contributed by atoms with Gasteiger partial charge in [-0.25, -0.2) is 4.18 Å². The van der Waals surface area contributed by atoms with E-state index < -0.39 is 57.5 Å². The summed E-state index contributed by atoms with van der Waals surface area (Å²) in [7, 11) is -2.19. The maximum Gasteiger partial charge on any atom is 0.294 e. The molecule has 0 spiro atoms. The molecule has 46 heavy (non-hydrogen) atoms. The lowest BCUT2D eigenvalue weighted by atomic mass is 9.79. The molecule has 6 atom stereocenters. The van der Waals surface area contributed by atoms with Gasteiger partial charge in [-0.1, -0.05) is 45.9 Å². The molecule has 3 fully saturated rings. The van der Waals surface area contributed by atoms with Crippen LogP contribution in [0.25, 0.3) is 16.5 Å². The molecule has 1 aromatic carbocycles. The number of ether oxygens (including phenoxy) is 1. The van der Waals surface area contributed by atoms with Crippen LogP contribution in [-0.4, -0.2) is 102 Å². The van der Waals surface area contributed by atoms with E-state index in [-0.39, 0.29) is 24.3 Å². The number of fused-ring (bicyclic) bond motifs is 5. The Hall–Kier alpha value is -3.26. The molecule has 3 saturated heterocycles. The van der Waals surface area contributed by atoms with Crippen LogP contribution in [0.15, 0.2) is 30.5 Å². The Labute approximate surface area is 269 Å². The first-order chi connectivity index (χ1) is 21.7. The summed E-state index contributed by atoms with van der Waals surface area (Å²) >= 11 is 0. The van der Waals surface area contributed by atoms with Gasteiger partial charge in [-0.2, -0.15) is 8.42 Å². The van der Waals surface area contributed by atoms with Gasteiger partial charge in [0.15, 0.2) is 0 Å². The minimum Gasteiger partial charge on any atom is -0.361 e. The van der Waals surface area contributed by atoms with Crippen LogP contribution in [0, 0.1) is 17.8 Å².